The maximum absolute atomic E-state index is 13.0. The predicted octanol–water partition coefficient (Wildman–Crippen LogP) is 2.23. The van der Waals surface area contributed by atoms with Crippen molar-refractivity contribution in [2.45, 2.75) is 20.3 Å². The van der Waals surface area contributed by atoms with Crippen molar-refractivity contribution in [1.29, 1.82) is 0 Å². The Kier molecular flexibility index (Phi) is 5.47. The Balaban J connectivity index is 2.61. The molecule has 0 radical (unpaired) electrons. The molecule has 0 saturated heterocycles. The van der Waals surface area contributed by atoms with E-state index in [1.54, 1.807) is 6.92 Å². The van der Waals surface area contributed by atoms with Crippen LogP contribution >= 0.6 is 0 Å². The molecule has 0 aliphatic rings. The van der Waals surface area contributed by atoms with Crippen LogP contribution in [0.1, 0.15) is 30.6 Å². The summed E-state index contributed by atoms with van der Waals surface area (Å²) in [5.41, 5.74) is 0.165. The highest BCUT2D eigenvalue weighted by Crippen LogP contribution is 2.20. The molecule has 0 aromatic heterocycles. The van der Waals surface area contributed by atoms with E-state index in [0.717, 1.165) is 6.07 Å². The van der Waals surface area contributed by atoms with Crippen molar-refractivity contribution in [2.24, 2.45) is 0 Å². The molecule has 6 heteroatoms. The smallest absolute Gasteiger partial charge is 0.163 e. The molecule has 0 heterocycles. The Labute approximate surface area is 112 Å². The van der Waals surface area contributed by atoms with Gasteiger partial charge in [-0.2, -0.15) is 0 Å². The number of carbonyl (C=O) groups excluding carboxylic acids is 1. The fraction of sp³-hybridized carbons (Fsp3) is 0.462. The first-order valence-corrected chi connectivity index (χ1v) is 7.81. The van der Waals surface area contributed by atoms with E-state index in [1.807, 2.05) is 0 Å². The summed E-state index contributed by atoms with van der Waals surface area (Å²) < 4.78 is 40.9. The molecule has 0 aliphatic carbocycles. The van der Waals surface area contributed by atoms with Crippen LogP contribution in [0.5, 0.6) is 5.75 Å². The van der Waals surface area contributed by atoms with Gasteiger partial charge in [-0.1, -0.05) is 6.92 Å². The van der Waals surface area contributed by atoms with E-state index in [1.165, 1.54) is 19.1 Å². The summed E-state index contributed by atoms with van der Waals surface area (Å²) >= 11 is 0. The van der Waals surface area contributed by atoms with Gasteiger partial charge in [0.05, 0.1) is 17.9 Å². The number of halogens is 1. The van der Waals surface area contributed by atoms with E-state index < -0.39 is 15.7 Å². The molecule has 0 unspecified atom stereocenters. The first kappa shape index (κ1) is 15.6. The minimum absolute atomic E-state index is 0.0418. The lowest BCUT2D eigenvalue weighted by Crippen LogP contribution is -2.12. The molecule has 1 aromatic rings. The molecule has 0 N–H and O–H groups in total. The fourth-order valence-electron chi connectivity index (χ4n) is 1.51. The summed E-state index contributed by atoms with van der Waals surface area (Å²) in [6.45, 7) is 3.08. The van der Waals surface area contributed by atoms with Gasteiger partial charge < -0.3 is 4.74 Å². The Bertz CT molecular complexity index is 552. The third-order valence-corrected chi connectivity index (χ3v) is 4.41. The van der Waals surface area contributed by atoms with E-state index in [2.05, 4.69) is 0 Å². The highest BCUT2D eigenvalue weighted by Gasteiger charge is 2.11. The van der Waals surface area contributed by atoms with Crippen LogP contribution in [0.4, 0.5) is 4.39 Å². The van der Waals surface area contributed by atoms with Gasteiger partial charge in [0.15, 0.2) is 5.78 Å². The van der Waals surface area contributed by atoms with Gasteiger partial charge in [-0.25, -0.2) is 12.8 Å². The maximum Gasteiger partial charge on any atom is 0.163 e. The predicted molar refractivity (Wildman–Crippen MR) is 70.8 cm³/mol. The fourth-order valence-corrected chi connectivity index (χ4v) is 2.35. The molecular formula is C13H17FO4S. The number of sulfone groups is 1. The third-order valence-electron chi connectivity index (χ3n) is 2.62. The second-order valence-electron chi connectivity index (χ2n) is 4.14. The highest BCUT2D eigenvalue weighted by atomic mass is 32.2. The second kappa shape index (κ2) is 6.65. The second-order valence-corrected chi connectivity index (χ2v) is 6.61. The average molecular weight is 288 g/mol. The lowest BCUT2D eigenvalue weighted by Gasteiger charge is -2.09. The lowest BCUT2D eigenvalue weighted by molar-refractivity contribution is 0.101. The number of Topliss-reactive ketones (excluding diaryl/α,β-unsaturated/α-hetero) is 1. The lowest BCUT2D eigenvalue weighted by atomic mass is 10.1. The largest absolute Gasteiger partial charge is 0.493 e. The average Bonchev–Trinajstić information content (AvgIpc) is 2.36. The number of hydrogen-bond acceptors (Lipinski definition) is 4. The van der Waals surface area contributed by atoms with Crippen LogP contribution in [0.25, 0.3) is 0 Å². The van der Waals surface area contributed by atoms with Gasteiger partial charge in [0.1, 0.15) is 21.4 Å². The van der Waals surface area contributed by atoms with Crippen LogP contribution in [0.3, 0.4) is 0 Å². The van der Waals surface area contributed by atoms with E-state index >= 15 is 0 Å². The molecule has 19 heavy (non-hydrogen) atoms. The van der Waals surface area contributed by atoms with Gasteiger partial charge in [0, 0.05) is 5.75 Å². The summed E-state index contributed by atoms with van der Waals surface area (Å²) in [5, 5.41) is 0. The summed E-state index contributed by atoms with van der Waals surface area (Å²) in [7, 11) is -3.01. The Hall–Kier alpha value is -1.43. The summed E-state index contributed by atoms with van der Waals surface area (Å²) in [6.07, 6.45) is 0.338. The van der Waals surface area contributed by atoms with E-state index in [4.69, 9.17) is 4.74 Å². The van der Waals surface area contributed by atoms with E-state index in [0.29, 0.717) is 6.42 Å². The van der Waals surface area contributed by atoms with Gasteiger partial charge in [0.2, 0.25) is 0 Å². The quantitative estimate of drug-likeness (QED) is 0.570. The molecule has 0 bridgehead atoms. The number of ether oxygens (including phenoxy) is 1. The zero-order chi connectivity index (χ0) is 14.5. The van der Waals surface area contributed by atoms with E-state index in [-0.39, 0.29) is 35.2 Å². The molecule has 0 fully saturated rings. The minimum Gasteiger partial charge on any atom is -0.493 e. The Morgan fingerprint density at radius 1 is 1.37 bits per heavy atom. The molecule has 0 spiro atoms. The topological polar surface area (TPSA) is 60.4 Å². The van der Waals surface area contributed by atoms with Crippen molar-refractivity contribution in [1.82, 2.24) is 0 Å². The molecule has 1 rings (SSSR count). The van der Waals surface area contributed by atoms with Crippen molar-refractivity contribution in [2.75, 3.05) is 18.1 Å². The molecule has 0 aliphatic heterocycles. The summed E-state index contributed by atoms with van der Waals surface area (Å²) in [5.74, 6) is -0.382. The number of carbonyl (C=O) groups is 1. The van der Waals surface area contributed by atoms with Crippen molar-refractivity contribution >= 4 is 15.6 Å². The van der Waals surface area contributed by atoms with Gasteiger partial charge in [-0.05, 0) is 31.5 Å². The van der Waals surface area contributed by atoms with Gasteiger partial charge in [-0.15, -0.1) is 0 Å². The number of rotatable bonds is 7. The van der Waals surface area contributed by atoms with Crippen LogP contribution in [0.15, 0.2) is 18.2 Å². The number of ketones is 1. The number of hydrogen-bond donors (Lipinski definition) is 0. The highest BCUT2D eigenvalue weighted by molar-refractivity contribution is 7.91. The first-order valence-electron chi connectivity index (χ1n) is 5.99. The number of benzene rings is 1. The maximum atomic E-state index is 13.0. The molecule has 0 atom stereocenters. The van der Waals surface area contributed by atoms with Gasteiger partial charge in [0.25, 0.3) is 0 Å². The molecule has 0 amide bonds. The van der Waals surface area contributed by atoms with Crippen molar-refractivity contribution in [3.8, 4) is 5.75 Å². The Morgan fingerprint density at radius 2 is 2.05 bits per heavy atom. The zero-order valence-electron chi connectivity index (χ0n) is 11.0. The first-order chi connectivity index (χ1) is 8.85. The minimum atomic E-state index is -3.01. The monoisotopic (exact) mass is 288 g/mol. The standard InChI is InChI=1S/C13H17FO4S/c1-3-19(16,17)8-4-7-18-13-6-5-11(14)9-12(13)10(2)15/h5-6,9H,3-4,7-8H2,1-2H3. The van der Waals surface area contributed by atoms with Crippen molar-refractivity contribution < 1.29 is 22.3 Å². The molecule has 1 aromatic carbocycles. The van der Waals surface area contributed by atoms with Crippen molar-refractivity contribution in [3.63, 3.8) is 0 Å². The summed E-state index contributed by atoms with van der Waals surface area (Å²) in [4.78, 5) is 11.3. The molecular weight excluding hydrogens is 271 g/mol. The molecule has 106 valence electrons. The molecule has 0 saturated carbocycles. The van der Waals surface area contributed by atoms with Gasteiger partial charge >= 0.3 is 0 Å². The van der Waals surface area contributed by atoms with E-state index in [9.17, 15) is 17.6 Å². The van der Waals surface area contributed by atoms with Gasteiger partial charge in [-0.3, -0.25) is 4.79 Å². The normalized spacial score (nSPS) is 11.3. The molecule has 4 nitrogen and oxygen atoms in total. The van der Waals surface area contributed by atoms with Crippen LogP contribution in [-0.2, 0) is 9.84 Å². The van der Waals surface area contributed by atoms with Crippen LogP contribution in [0, 0.1) is 5.82 Å². The Morgan fingerprint density at radius 3 is 2.63 bits per heavy atom. The zero-order valence-corrected chi connectivity index (χ0v) is 11.8. The summed E-state index contributed by atoms with van der Waals surface area (Å²) in [6, 6.07) is 3.69. The van der Waals surface area contributed by atoms with Crippen molar-refractivity contribution in [3.05, 3.63) is 29.6 Å². The van der Waals surface area contributed by atoms with Crippen LogP contribution in [-0.4, -0.2) is 32.3 Å². The van der Waals surface area contributed by atoms with Crippen LogP contribution in [0.2, 0.25) is 0 Å². The SMILES string of the molecule is CCS(=O)(=O)CCCOc1ccc(F)cc1C(C)=O. The third kappa shape index (κ3) is 4.98. The van der Waals surface area contributed by atoms with Crippen LogP contribution < -0.4 is 4.74 Å².